The highest BCUT2D eigenvalue weighted by Crippen LogP contribution is 2.26. The summed E-state index contributed by atoms with van der Waals surface area (Å²) in [6, 6.07) is 12.5. The Labute approximate surface area is 138 Å². The Morgan fingerprint density at radius 3 is 2.48 bits per heavy atom. The molecule has 5 heteroatoms. The van der Waals surface area contributed by atoms with E-state index in [1.807, 2.05) is 12.1 Å². The van der Waals surface area contributed by atoms with Crippen LogP contribution in [0, 0.1) is 0 Å². The minimum atomic E-state index is -0.207. The summed E-state index contributed by atoms with van der Waals surface area (Å²) in [5, 5.41) is 4.34. The van der Waals surface area contributed by atoms with Gasteiger partial charge in [-0.3, -0.25) is 4.79 Å². The lowest BCUT2D eigenvalue weighted by Gasteiger charge is -2.03. The van der Waals surface area contributed by atoms with Gasteiger partial charge in [-0.2, -0.15) is 0 Å². The van der Waals surface area contributed by atoms with Gasteiger partial charge in [0.2, 0.25) is 5.91 Å². The van der Waals surface area contributed by atoms with Gasteiger partial charge in [-0.15, -0.1) is 0 Å². The quantitative estimate of drug-likeness (QED) is 0.782. The number of halogens is 3. The van der Waals surface area contributed by atoms with Gasteiger partial charge in [0.1, 0.15) is 0 Å². The lowest BCUT2D eigenvalue weighted by Crippen LogP contribution is -2.20. The molecule has 0 radical (unpaired) electrons. The molecule has 108 valence electrons. The number of carbonyl (C=O) groups excluding carboxylic acids is 1. The summed E-state index contributed by atoms with van der Waals surface area (Å²) in [6.45, 7) is 0.434. The Balaban J connectivity index is 1.94. The molecule has 0 aromatic heterocycles. The average Bonchev–Trinajstić information content (AvgIpc) is 2.48. The van der Waals surface area contributed by atoms with E-state index in [4.69, 9.17) is 34.8 Å². The molecular formula is C16H12Cl3NO. The normalized spacial score (nSPS) is 10.8. The first-order chi connectivity index (χ1) is 10.1. The van der Waals surface area contributed by atoms with Crippen LogP contribution in [0.2, 0.25) is 15.1 Å². The van der Waals surface area contributed by atoms with Gasteiger partial charge in [0.15, 0.2) is 0 Å². The maximum atomic E-state index is 11.8. The standard InChI is InChI=1S/C16H12Cl3NO/c17-13-7-4-11(5-8-13)10-20-15(21)9-6-12-2-1-3-14(18)16(12)19/h1-9H,10H2,(H,20,21)/b9-6+. The number of amides is 1. The molecule has 0 saturated carbocycles. The van der Waals surface area contributed by atoms with Crippen LogP contribution in [0.25, 0.3) is 6.08 Å². The fourth-order valence-electron chi connectivity index (χ4n) is 1.67. The first-order valence-electron chi connectivity index (χ1n) is 6.20. The molecule has 0 aliphatic heterocycles. The van der Waals surface area contributed by atoms with E-state index in [2.05, 4.69) is 5.32 Å². The second-order valence-electron chi connectivity index (χ2n) is 4.32. The van der Waals surface area contributed by atoms with Crippen LogP contribution >= 0.6 is 34.8 Å². The van der Waals surface area contributed by atoms with Crippen LogP contribution in [0.3, 0.4) is 0 Å². The minimum Gasteiger partial charge on any atom is -0.348 e. The Bertz CT molecular complexity index is 666. The molecular weight excluding hydrogens is 329 g/mol. The first-order valence-corrected chi connectivity index (χ1v) is 7.34. The Hall–Kier alpha value is -1.48. The predicted octanol–water partition coefficient (Wildman–Crippen LogP) is 4.98. The van der Waals surface area contributed by atoms with Crippen LogP contribution in [-0.2, 0) is 11.3 Å². The maximum Gasteiger partial charge on any atom is 0.244 e. The summed E-state index contributed by atoms with van der Waals surface area (Å²) in [6.07, 6.45) is 3.05. The molecule has 0 saturated heterocycles. The fraction of sp³-hybridized carbons (Fsp3) is 0.0625. The molecule has 2 aromatic carbocycles. The SMILES string of the molecule is O=C(/C=C/c1cccc(Cl)c1Cl)NCc1ccc(Cl)cc1. The second kappa shape index (κ2) is 7.51. The zero-order chi connectivity index (χ0) is 15.2. The molecule has 0 heterocycles. The van der Waals surface area contributed by atoms with Crippen LogP contribution < -0.4 is 5.32 Å². The van der Waals surface area contributed by atoms with E-state index in [9.17, 15) is 4.79 Å². The molecule has 0 unspecified atom stereocenters. The number of carbonyl (C=O) groups is 1. The topological polar surface area (TPSA) is 29.1 Å². The molecule has 1 N–H and O–H groups in total. The smallest absolute Gasteiger partial charge is 0.244 e. The van der Waals surface area contributed by atoms with Crippen molar-refractivity contribution in [1.29, 1.82) is 0 Å². The third-order valence-corrected chi connectivity index (χ3v) is 3.86. The summed E-state index contributed by atoms with van der Waals surface area (Å²) >= 11 is 17.7. The lowest BCUT2D eigenvalue weighted by atomic mass is 10.2. The highest BCUT2D eigenvalue weighted by Gasteiger charge is 2.02. The third kappa shape index (κ3) is 4.78. The maximum absolute atomic E-state index is 11.8. The molecule has 2 aromatic rings. The zero-order valence-corrected chi connectivity index (χ0v) is 13.2. The first kappa shape index (κ1) is 15.9. The summed E-state index contributed by atoms with van der Waals surface area (Å²) in [4.78, 5) is 11.8. The van der Waals surface area contributed by atoms with Gasteiger partial charge in [0.05, 0.1) is 10.0 Å². The minimum absolute atomic E-state index is 0.207. The average molecular weight is 341 g/mol. The van der Waals surface area contributed by atoms with E-state index < -0.39 is 0 Å². The van der Waals surface area contributed by atoms with Gasteiger partial charge in [-0.1, -0.05) is 59.1 Å². The summed E-state index contributed by atoms with van der Waals surface area (Å²) in [7, 11) is 0. The van der Waals surface area contributed by atoms with Crippen molar-refractivity contribution >= 4 is 46.8 Å². The Morgan fingerprint density at radius 1 is 1.05 bits per heavy atom. The van der Waals surface area contributed by atoms with Gasteiger partial charge in [-0.25, -0.2) is 0 Å². The highest BCUT2D eigenvalue weighted by atomic mass is 35.5. The lowest BCUT2D eigenvalue weighted by molar-refractivity contribution is -0.116. The predicted molar refractivity (Wildman–Crippen MR) is 88.8 cm³/mol. The van der Waals surface area contributed by atoms with Crippen molar-refractivity contribution in [3.8, 4) is 0 Å². The highest BCUT2D eigenvalue weighted by molar-refractivity contribution is 6.42. The third-order valence-electron chi connectivity index (χ3n) is 2.78. The van der Waals surface area contributed by atoms with Gasteiger partial charge >= 0.3 is 0 Å². The Morgan fingerprint density at radius 2 is 1.76 bits per heavy atom. The molecule has 21 heavy (non-hydrogen) atoms. The van der Waals surface area contributed by atoms with E-state index in [1.54, 1.807) is 36.4 Å². The number of hydrogen-bond acceptors (Lipinski definition) is 1. The van der Waals surface area contributed by atoms with Gasteiger partial charge < -0.3 is 5.32 Å². The van der Waals surface area contributed by atoms with Gasteiger partial charge in [0, 0.05) is 17.6 Å². The number of nitrogens with one attached hydrogen (secondary N) is 1. The number of rotatable bonds is 4. The monoisotopic (exact) mass is 339 g/mol. The van der Waals surface area contributed by atoms with E-state index in [1.165, 1.54) is 6.08 Å². The van der Waals surface area contributed by atoms with Crippen molar-refractivity contribution in [3.05, 3.63) is 74.7 Å². The van der Waals surface area contributed by atoms with Crippen LogP contribution in [0.4, 0.5) is 0 Å². The fourth-order valence-corrected chi connectivity index (χ4v) is 2.16. The molecule has 2 rings (SSSR count). The second-order valence-corrected chi connectivity index (χ2v) is 5.54. The van der Waals surface area contributed by atoms with Gasteiger partial charge in [0.25, 0.3) is 0 Å². The molecule has 0 spiro atoms. The van der Waals surface area contributed by atoms with E-state index in [0.717, 1.165) is 5.56 Å². The van der Waals surface area contributed by atoms with E-state index in [-0.39, 0.29) is 5.91 Å². The van der Waals surface area contributed by atoms with Crippen molar-refractivity contribution < 1.29 is 4.79 Å². The van der Waals surface area contributed by atoms with Crippen LogP contribution in [0.1, 0.15) is 11.1 Å². The molecule has 0 fully saturated rings. The van der Waals surface area contributed by atoms with Crippen LogP contribution in [0.5, 0.6) is 0 Å². The number of hydrogen-bond donors (Lipinski definition) is 1. The van der Waals surface area contributed by atoms with Crippen molar-refractivity contribution in [1.82, 2.24) is 5.32 Å². The summed E-state index contributed by atoms with van der Waals surface area (Å²) in [5.74, 6) is -0.207. The van der Waals surface area contributed by atoms with Crippen molar-refractivity contribution in [2.45, 2.75) is 6.54 Å². The number of benzene rings is 2. The molecule has 2 nitrogen and oxygen atoms in total. The van der Waals surface area contributed by atoms with Crippen LogP contribution in [-0.4, -0.2) is 5.91 Å². The van der Waals surface area contributed by atoms with Crippen molar-refractivity contribution in [2.24, 2.45) is 0 Å². The summed E-state index contributed by atoms with van der Waals surface area (Å²) < 4.78 is 0. The van der Waals surface area contributed by atoms with Crippen molar-refractivity contribution in [2.75, 3.05) is 0 Å². The molecule has 1 amide bonds. The summed E-state index contributed by atoms with van der Waals surface area (Å²) in [5.41, 5.74) is 1.67. The van der Waals surface area contributed by atoms with Gasteiger partial charge in [-0.05, 0) is 35.4 Å². The van der Waals surface area contributed by atoms with Crippen LogP contribution in [0.15, 0.2) is 48.5 Å². The molecule has 0 atom stereocenters. The molecule has 0 aliphatic rings. The largest absolute Gasteiger partial charge is 0.348 e. The van der Waals surface area contributed by atoms with Crippen molar-refractivity contribution in [3.63, 3.8) is 0 Å². The van der Waals surface area contributed by atoms with E-state index >= 15 is 0 Å². The molecule has 0 bridgehead atoms. The zero-order valence-electron chi connectivity index (χ0n) is 10.9. The molecule has 0 aliphatic carbocycles. The Kier molecular flexibility index (Phi) is 5.68. The van der Waals surface area contributed by atoms with E-state index in [0.29, 0.717) is 27.2 Å².